The third-order valence-electron chi connectivity index (χ3n) is 2.45. The number of hydrogen-bond acceptors (Lipinski definition) is 5. The Labute approximate surface area is 126 Å². The van der Waals surface area contributed by atoms with Crippen molar-refractivity contribution in [2.45, 2.75) is 11.8 Å². The summed E-state index contributed by atoms with van der Waals surface area (Å²) in [6.07, 6.45) is 2.28. The van der Waals surface area contributed by atoms with E-state index in [2.05, 4.69) is 20.0 Å². The van der Waals surface area contributed by atoms with E-state index in [0.717, 1.165) is 18.5 Å². The molecule has 1 aromatic carbocycles. The molecule has 1 aromatic heterocycles. The van der Waals surface area contributed by atoms with Gasteiger partial charge in [-0.3, -0.25) is 4.72 Å². The summed E-state index contributed by atoms with van der Waals surface area (Å²) >= 11 is 5.61. The summed E-state index contributed by atoms with van der Waals surface area (Å²) < 4.78 is 39.9. The van der Waals surface area contributed by atoms with Gasteiger partial charge in [-0.1, -0.05) is 11.6 Å². The van der Waals surface area contributed by atoms with Gasteiger partial charge >= 0.3 is 0 Å². The van der Waals surface area contributed by atoms with E-state index in [9.17, 15) is 12.8 Å². The van der Waals surface area contributed by atoms with Gasteiger partial charge in [-0.25, -0.2) is 22.8 Å². The number of halogens is 2. The van der Waals surface area contributed by atoms with Crippen LogP contribution >= 0.6 is 11.6 Å². The normalized spacial score (nSPS) is 11.2. The van der Waals surface area contributed by atoms with Gasteiger partial charge in [0.25, 0.3) is 10.0 Å². The van der Waals surface area contributed by atoms with E-state index in [1.807, 2.05) is 6.92 Å². The molecule has 0 spiro atoms. The van der Waals surface area contributed by atoms with E-state index < -0.39 is 15.8 Å². The van der Waals surface area contributed by atoms with Crippen molar-refractivity contribution in [3.63, 3.8) is 0 Å². The monoisotopic (exact) mass is 330 g/mol. The van der Waals surface area contributed by atoms with Gasteiger partial charge in [0.05, 0.1) is 18.1 Å². The molecule has 0 radical (unpaired) electrons. The summed E-state index contributed by atoms with van der Waals surface area (Å²) in [6, 6.07) is 3.64. The number of sulfonamides is 1. The molecule has 0 atom stereocenters. The van der Waals surface area contributed by atoms with Crippen LogP contribution in [0.3, 0.4) is 0 Å². The first kappa shape index (κ1) is 15.5. The van der Waals surface area contributed by atoms with Crippen LogP contribution in [0.25, 0.3) is 0 Å². The maximum Gasteiger partial charge on any atom is 0.265 e. The van der Waals surface area contributed by atoms with Crippen molar-refractivity contribution in [2.75, 3.05) is 16.6 Å². The van der Waals surface area contributed by atoms with Crippen molar-refractivity contribution < 1.29 is 12.8 Å². The van der Waals surface area contributed by atoms with Gasteiger partial charge in [-0.2, -0.15) is 0 Å². The maximum absolute atomic E-state index is 13.6. The van der Waals surface area contributed by atoms with Crippen LogP contribution in [0.1, 0.15) is 6.92 Å². The lowest BCUT2D eigenvalue weighted by molar-refractivity contribution is 0.597. The summed E-state index contributed by atoms with van der Waals surface area (Å²) in [5.74, 6) is -0.453. The van der Waals surface area contributed by atoms with Gasteiger partial charge in [0.15, 0.2) is 0 Å². The highest BCUT2D eigenvalue weighted by Gasteiger charge is 2.17. The maximum atomic E-state index is 13.6. The van der Waals surface area contributed by atoms with Crippen LogP contribution in [-0.2, 0) is 10.0 Å². The number of hydrogen-bond donors (Lipinski definition) is 2. The molecule has 0 saturated heterocycles. The zero-order chi connectivity index (χ0) is 15.5. The van der Waals surface area contributed by atoms with Crippen LogP contribution in [0.5, 0.6) is 0 Å². The van der Waals surface area contributed by atoms with Crippen LogP contribution in [0.4, 0.5) is 16.0 Å². The minimum absolute atomic E-state index is 0.168. The molecule has 0 saturated carbocycles. The quantitative estimate of drug-likeness (QED) is 0.880. The summed E-state index contributed by atoms with van der Waals surface area (Å²) in [5.41, 5.74) is -0.199. The number of nitrogens with one attached hydrogen (secondary N) is 2. The molecule has 2 N–H and O–H groups in total. The van der Waals surface area contributed by atoms with Gasteiger partial charge in [-0.05, 0) is 25.1 Å². The van der Waals surface area contributed by atoms with E-state index in [1.165, 1.54) is 12.1 Å². The molecule has 0 fully saturated rings. The third-order valence-corrected chi connectivity index (χ3v) is 4.00. The smallest absolute Gasteiger partial charge is 0.265 e. The number of aromatic nitrogens is 2. The summed E-state index contributed by atoms with van der Waals surface area (Å²) in [4.78, 5) is 7.55. The first-order valence-corrected chi connectivity index (χ1v) is 7.82. The van der Waals surface area contributed by atoms with Crippen LogP contribution < -0.4 is 10.0 Å². The molecule has 21 heavy (non-hydrogen) atoms. The Balaban J connectivity index is 2.25. The second kappa shape index (κ2) is 6.23. The SMILES string of the molecule is CCNc1ncc(S(=O)(=O)Nc2ccc(Cl)cc2F)cn1. The predicted octanol–water partition coefficient (Wildman–Crippen LogP) is 2.50. The van der Waals surface area contributed by atoms with Crippen LogP contribution in [0.2, 0.25) is 5.02 Å². The molecule has 6 nitrogen and oxygen atoms in total. The Bertz CT molecular complexity index is 737. The van der Waals surface area contributed by atoms with Gasteiger partial charge in [0.2, 0.25) is 5.95 Å². The van der Waals surface area contributed by atoms with E-state index in [1.54, 1.807) is 0 Å². The Morgan fingerprint density at radius 3 is 2.52 bits per heavy atom. The molecule has 2 rings (SSSR count). The third kappa shape index (κ3) is 3.79. The fourth-order valence-electron chi connectivity index (χ4n) is 1.48. The van der Waals surface area contributed by atoms with E-state index >= 15 is 0 Å². The van der Waals surface area contributed by atoms with Crippen molar-refractivity contribution in [1.29, 1.82) is 0 Å². The Morgan fingerprint density at radius 1 is 1.29 bits per heavy atom. The van der Waals surface area contributed by atoms with E-state index in [4.69, 9.17) is 11.6 Å². The molecule has 1 heterocycles. The largest absolute Gasteiger partial charge is 0.355 e. The van der Waals surface area contributed by atoms with Gasteiger partial charge in [0, 0.05) is 11.6 Å². The number of benzene rings is 1. The van der Waals surface area contributed by atoms with Crippen LogP contribution in [0.15, 0.2) is 35.5 Å². The lowest BCUT2D eigenvalue weighted by Gasteiger charge is -2.09. The molecule has 0 unspecified atom stereocenters. The number of anilines is 2. The second-order valence-electron chi connectivity index (χ2n) is 4.00. The van der Waals surface area contributed by atoms with Crippen LogP contribution in [-0.4, -0.2) is 24.9 Å². The number of nitrogens with zero attached hydrogens (tertiary/aromatic N) is 2. The molecule has 9 heteroatoms. The average molecular weight is 331 g/mol. The van der Waals surface area contributed by atoms with E-state index in [0.29, 0.717) is 12.5 Å². The minimum Gasteiger partial charge on any atom is -0.355 e. The fourth-order valence-corrected chi connectivity index (χ4v) is 2.59. The predicted molar refractivity (Wildman–Crippen MR) is 78.4 cm³/mol. The molecule has 112 valence electrons. The molecule has 2 aromatic rings. The molecular weight excluding hydrogens is 319 g/mol. The molecule has 0 amide bonds. The van der Waals surface area contributed by atoms with Gasteiger partial charge < -0.3 is 5.32 Å². The fraction of sp³-hybridized carbons (Fsp3) is 0.167. The Kier molecular flexibility index (Phi) is 4.59. The van der Waals surface area contributed by atoms with Gasteiger partial charge in [-0.15, -0.1) is 0 Å². The molecule has 0 aliphatic heterocycles. The molecule has 0 aliphatic carbocycles. The topological polar surface area (TPSA) is 84.0 Å². The summed E-state index contributed by atoms with van der Waals surface area (Å²) in [7, 11) is -3.97. The molecule has 0 bridgehead atoms. The lowest BCUT2D eigenvalue weighted by Crippen LogP contribution is -2.15. The lowest BCUT2D eigenvalue weighted by atomic mass is 10.3. The zero-order valence-electron chi connectivity index (χ0n) is 11.0. The van der Waals surface area contributed by atoms with Crippen molar-refractivity contribution >= 4 is 33.3 Å². The summed E-state index contributed by atoms with van der Waals surface area (Å²) in [6.45, 7) is 2.47. The van der Waals surface area contributed by atoms with Crippen molar-refractivity contribution in [3.8, 4) is 0 Å². The standard InChI is InChI=1S/C12H12ClFN4O2S/c1-2-15-12-16-6-9(7-17-12)21(19,20)18-11-4-3-8(13)5-10(11)14/h3-7,18H,2H2,1H3,(H,15,16,17). The van der Waals surface area contributed by atoms with E-state index in [-0.39, 0.29) is 15.6 Å². The Morgan fingerprint density at radius 2 is 1.95 bits per heavy atom. The molecular formula is C12H12ClFN4O2S. The highest BCUT2D eigenvalue weighted by Crippen LogP contribution is 2.21. The summed E-state index contributed by atoms with van der Waals surface area (Å²) in [5, 5.41) is 3.01. The highest BCUT2D eigenvalue weighted by molar-refractivity contribution is 7.92. The zero-order valence-corrected chi connectivity index (χ0v) is 12.5. The van der Waals surface area contributed by atoms with Crippen molar-refractivity contribution in [2.24, 2.45) is 0 Å². The average Bonchev–Trinajstić information content (AvgIpc) is 2.43. The molecule has 0 aliphatic rings. The van der Waals surface area contributed by atoms with Crippen molar-refractivity contribution in [1.82, 2.24) is 9.97 Å². The second-order valence-corrected chi connectivity index (χ2v) is 6.12. The minimum atomic E-state index is -3.97. The van der Waals surface area contributed by atoms with Gasteiger partial charge in [0.1, 0.15) is 10.7 Å². The first-order valence-electron chi connectivity index (χ1n) is 5.96. The first-order chi connectivity index (χ1) is 9.92. The highest BCUT2D eigenvalue weighted by atomic mass is 35.5. The number of rotatable bonds is 5. The van der Waals surface area contributed by atoms with Crippen molar-refractivity contribution in [3.05, 3.63) is 41.4 Å². The Hall–Kier alpha value is -1.93. The van der Waals surface area contributed by atoms with Crippen LogP contribution in [0, 0.1) is 5.82 Å².